The lowest BCUT2D eigenvalue weighted by molar-refractivity contribution is 0.177. The van der Waals surface area contributed by atoms with E-state index in [2.05, 4.69) is 23.2 Å². The maximum Gasteiger partial charge on any atom is 0.326 e. The van der Waals surface area contributed by atoms with Gasteiger partial charge in [-0.25, -0.2) is 4.79 Å². The largest absolute Gasteiger partial charge is 0.326 e. The molecule has 0 bridgehead atoms. The molecular formula is C29H30Cl2N4O. The van der Waals surface area contributed by atoms with E-state index in [9.17, 15) is 10.1 Å². The number of piperidine rings is 1. The molecule has 186 valence electrons. The third-order valence-corrected chi connectivity index (χ3v) is 6.88. The number of amides is 2. The number of nitrogens with one attached hydrogen (secondary N) is 1. The molecule has 1 aliphatic rings. The first-order valence-corrected chi connectivity index (χ1v) is 13.1. The van der Waals surface area contributed by atoms with Crippen LogP contribution in [0.4, 0.5) is 16.2 Å². The summed E-state index contributed by atoms with van der Waals surface area (Å²) in [6.07, 6.45) is 3.35. The maximum atomic E-state index is 13.5. The zero-order chi connectivity index (χ0) is 25.5. The van der Waals surface area contributed by atoms with Gasteiger partial charge in [-0.05, 0) is 91.9 Å². The quantitative estimate of drug-likeness (QED) is 0.347. The number of hydrogen-bond acceptors (Lipinski definition) is 3. The number of halogens is 2. The van der Waals surface area contributed by atoms with Crippen molar-refractivity contribution in [3.63, 3.8) is 0 Å². The van der Waals surface area contributed by atoms with E-state index in [-0.39, 0.29) is 6.03 Å². The van der Waals surface area contributed by atoms with Crippen molar-refractivity contribution in [3.8, 4) is 17.2 Å². The highest BCUT2D eigenvalue weighted by Gasteiger charge is 2.25. The second-order valence-corrected chi connectivity index (χ2v) is 10.1. The fourth-order valence-corrected chi connectivity index (χ4v) is 5.33. The molecule has 2 amide bonds. The molecule has 1 fully saturated rings. The SMILES string of the molecule is CCCN1CCCC(CN(C(=O)Nc2cc(Cl)cc(Cl)c2)c2ccc(-c3cccc(C#N)c3)cc2)C1. The highest BCUT2D eigenvalue weighted by Crippen LogP contribution is 2.28. The van der Waals surface area contributed by atoms with Crippen molar-refractivity contribution < 1.29 is 4.79 Å². The van der Waals surface area contributed by atoms with E-state index in [0.29, 0.717) is 33.8 Å². The molecule has 7 heteroatoms. The first kappa shape index (κ1) is 26.0. The number of likely N-dealkylation sites (tertiary alicyclic amines) is 1. The first-order chi connectivity index (χ1) is 17.4. The van der Waals surface area contributed by atoms with Gasteiger partial charge in [0.1, 0.15) is 0 Å². The molecular weight excluding hydrogens is 491 g/mol. The number of urea groups is 1. The van der Waals surface area contributed by atoms with Crippen molar-refractivity contribution in [2.45, 2.75) is 26.2 Å². The van der Waals surface area contributed by atoms with E-state index in [1.807, 2.05) is 47.4 Å². The fraction of sp³-hybridized carbons (Fsp3) is 0.310. The second-order valence-electron chi connectivity index (χ2n) is 9.25. The van der Waals surface area contributed by atoms with Crippen molar-refractivity contribution in [2.75, 3.05) is 36.4 Å². The van der Waals surface area contributed by atoms with Crippen LogP contribution in [0, 0.1) is 17.2 Å². The number of carbonyl (C=O) groups excluding carboxylic acids is 1. The average molecular weight is 521 g/mol. The fourth-order valence-electron chi connectivity index (χ4n) is 4.80. The van der Waals surface area contributed by atoms with Crippen LogP contribution in [-0.2, 0) is 0 Å². The predicted octanol–water partition coefficient (Wildman–Crippen LogP) is 7.69. The van der Waals surface area contributed by atoms with Crippen molar-refractivity contribution in [1.29, 1.82) is 5.26 Å². The van der Waals surface area contributed by atoms with Crippen LogP contribution < -0.4 is 10.2 Å². The number of benzene rings is 3. The van der Waals surface area contributed by atoms with Gasteiger partial charge in [0.15, 0.2) is 0 Å². The van der Waals surface area contributed by atoms with Gasteiger partial charge in [-0.1, -0.05) is 54.4 Å². The minimum Gasteiger partial charge on any atom is -0.307 e. The lowest BCUT2D eigenvalue weighted by Crippen LogP contribution is -2.44. The van der Waals surface area contributed by atoms with E-state index in [1.54, 1.807) is 24.3 Å². The molecule has 0 aromatic heterocycles. The molecule has 1 aliphatic heterocycles. The van der Waals surface area contributed by atoms with E-state index < -0.39 is 0 Å². The summed E-state index contributed by atoms with van der Waals surface area (Å²) in [6.45, 7) is 6.00. The number of nitrogens with zero attached hydrogens (tertiary/aromatic N) is 3. The van der Waals surface area contributed by atoms with Crippen LogP contribution in [-0.4, -0.2) is 37.1 Å². The molecule has 1 saturated heterocycles. The number of anilines is 2. The smallest absolute Gasteiger partial charge is 0.307 e. The topological polar surface area (TPSA) is 59.4 Å². The van der Waals surface area contributed by atoms with Crippen LogP contribution in [0.15, 0.2) is 66.7 Å². The molecule has 5 nitrogen and oxygen atoms in total. The number of hydrogen-bond donors (Lipinski definition) is 1. The van der Waals surface area contributed by atoms with E-state index >= 15 is 0 Å². The molecule has 0 radical (unpaired) electrons. The van der Waals surface area contributed by atoms with Gasteiger partial charge in [0, 0.05) is 34.5 Å². The van der Waals surface area contributed by atoms with Gasteiger partial charge in [0.05, 0.1) is 11.6 Å². The monoisotopic (exact) mass is 520 g/mol. The Hall–Kier alpha value is -3.04. The molecule has 1 N–H and O–H groups in total. The van der Waals surface area contributed by atoms with Crippen molar-refractivity contribution in [2.24, 2.45) is 5.92 Å². The third-order valence-electron chi connectivity index (χ3n) is 6.45. The Morgan fingerprint density at radius 3 is 2.53 bits per heavy atom. The van der Waals surface area contributed by atoms with Gasteiger partial charge in [0.25, 0.3) is 0 Å². The van der Waals surface area contributed by atoms with Crippen LogP contribution in [0.3, 0.4) is 0 Å². The summed E-state index contributed by atoms with van der Waals surface area (Å²) in [5.74, 6) is 0.381. The van der Waals surface area contributed by atoms with Crippen LogP contribution in [0.1, 0.15) is 31.7 Å². The van der Waals surface area contributed by atoms with Crippen molar-refractivity contribution >= 4 is 40.6 Å². The molecule has 1 heterocycles. The summed E-state index contributed by atoms with van der Waals surface area (Å²) < 4.78 is 0. The van der Waals surface area contributed by atoms with E-state index in [4.69, 9.17) is 23.2 Å². The molecule has 1 unspecified atom stereocenters. The van der Waals surface area contributed by atoms with Crippen LogP contribution in [0.5, 0.6) is 0 Å². The Morgan fingerprint density at radius 2 is 1.83 bits per heavy atom. The lowest BCUT2D eigenvalue weighted by atomic mass is 9.97. The molecule has 4 rings (SSSR count). The summed E-state index contributed by atoms with van der Waals surface area (Å²) in [5.41, 5.74) is 3.95. The van der Waals surface area contributed by atoms with Gasteiger partial charge in [-0.2, -0.15) is 5.26 Å². The number of nitriles is 1. The summed E-state index contributed by atoms with van der Waals surface area (Å²) in [5, 5.41) is 13.1. The number of carbonyl (C=O) groups is 1. The third kappa shape index (κ3) is 6.79. The van der Waals surface area contributed by atoms with Gasteiger partial charge in [0.2, 0.25) is 0 Å². The minimum absolute atomic E-state index is 0.222. The summed E-state index contributed by atoms with van der Waals surface area (Å²) in [4.78, 5) is 17.8. The average Bonchev–Trinajstić information content (AvgIpc) is 2.87. The van der Waals surface area contributed by atoms with Gasteiger partial charge < -0.3 is 10.2 Å². The van der Waals surface area contributed by atoms with Gasteiger partial charge in [-0.3, -0.25) is 4.90 Å². The maximum absolute atomic E-state index is 13.5. The zero-order valence-corrected chi connectivity index (χ0v) is 21.9. The highest BCUT2D eigenvalue weighted by molar-refractivity contribution is 6.35. The predicted molar refractivity (Wildman–Crippen MR) is 149 cm³/mol. The van der Waals surface area contributed by atoms with Crippen LogP contribution in [0.2, 0.25) is 10.0 Å². The molecule has 36 heavy (non-hydrogen) atoms. The lowest BCUT2D eigenvalue weighted by Gasteiger charge is -2.35. The van der Waals surface area contributed by atoms with Crippen LogP contribution in [0.25, 0.3) is 11.1 Å². The Labute approximate surface area is 223 Å². The second kappa shape index (κ2) is 12.3. The standard InChI is InChI=1S/C29H30Cl2N4O/c1-2-12-34-13-4-6-22(19-34)20-35(29(36)33-27-16-25(30)15-26(31)17-27)28-10-8-23(9-11-28)24-7-3-5-21(14-24)18-32/h3,5,7-11,14-17,22H,2,4,6,12-13,19-20H2,1H3,(H,33,36). The minimum atomic E-state index is -0.222. The molecule has 3 aromatic carbocycles. The van der Waals surface area contributed by atoms with Crippen molar-refractivity contribution in [1.82, 2.24) is 4.90 Å². The molecule has 0 aliphatic carbocycles. The van der Waals surface area contributed by atoms with E-state index in [1.165, 1.54) is 0 Å². The number of rotatable bonds is 7. The Balaban J connectivity index is 1.59. The van der Waals surface area contributed by atoms with Gasteiger partial charge in [-0.15, -0.1) is 0 Å². The Morgan fingerprint density at radius 1 is 1.08 bits per heavy atom. The Kier molecular flexibility index (Phi) is 8.88. The molecule has 0 spiro atoms. The van der Waals surface area contributed by atoms with Crippen molar-refractivity contribution in [3.05, 3.63) is 82.3 Å². The normalized spacial score (nSPS) is 15.8. The molecule has 1 atom stereocenters. The summed E-state index contributed by atoms with van der Waals surface area (Å²) in [6, 6.07) is 22.4. The van der Waals surface area contributed by atoms with Crippen LogP contribution >= 0.6 is 23.2 Å². The van der Waals surface area contributed by atoms with Gasteiger partial charge >= 0.3 is 6.03 Å². The first-order valence-electron chi connectivity index (χ1n) is 12.3. The van der Waals surface area contributed by atoms with E-state index in [0.717, 1.165) is 55.7 Å². The molecule has 0 saturated carbocycles. The summed E-state index contributed by atoms with van der Waals surface area (Å²) in [7, 11) is 0. The highest BCUT2D eigenvalue weighted by atomic mass is 35.5. The summed E-state index contributed by atoms with van der Waals surface area (Å²) >= 11 is 12.3. The molecule has 3 aromatic rings. The Bertz CT molecular complexity index is 1220. The zero-order valence-electron chi connectivity index (χ0n) is 20.4.